The molecule has 0 radical (unpaired) electrons. The standard InChI is InChI=1S/C18H25N3O/c1-2-11-21-12-9-17(10-13-21)20-18(22)8-7-15-3-5-16(14-19)6-4-15/h3-6,17H,2,7-13H2,1H3,(H,20,22). The lowest BCUT2D eigenvalue weighted by molar-refractivity contribution is -0.122. The summed E-state index contributed by atoms with van der Waals surface area (Å²) in [5.41, 5.74) is 1.76. The van der Waals surface area contributed by atoms with Gasteiger partial charge in [-0.15, -0.1) is 0 Å². The molecule has 1 saturated heterocycles. The molecule has 4 heteroatoms. The van der Waals surface area contributed by atoms with Crippen LogP contribution in [0.5, 0.6) is 0 Å². The molecule has 22 heavy (non-hydrogen) atoms. The molecule has 0 bridgehead atoms. The number of piperidine rings is 1. The summed E-state index contributed by atoms with van der Waals surface area (Å²) in [6.07, 6.45) is 4.56. The molecule has 1 aromatic rings. The number of carbonyl (C=O) groups excluding carboxylic acids is 1. The minimum Gasteiger partial charge on any atom is -0.353 e. The number of nitrogens with zero attached hydrogens (tertiary/aromatic N) is 2. The highest BCUT2D eigenvalue weighted by Gasteiger charge is 2.19. The number of hydrogen-bond acceptors (Lipinski definition) is 3. The Kier molecular flexibility index (Phi) is 6.42. The van der Waals surface area contributed by atoms with E-state index in [1.807, 2.05) is 12.1 Å². The Balaban J connectivity index is 1.69. The summed E-state index contributed by atoms with van der Waals surface area (Å²) >= 11 is 0. The van der Waals surface area contributed by atoms with E-state index in [9.17, 15) is 4.79 Å². The number of nitriles is 1. The molecule has 2 rings (SSSR count). The topological polar surface area (TPSA) is 56.1 Å². The smallest absolute Gasteiger partial charge is 0.220 e. The van der Waals surface area contributed by atoms with Gasteiger partial charge >= 0.3 is 0 Å². The molecular weight excluding hydrogens is 274 g/mol. The quantitative estimate of drug-likeness (QED) is 0.878. The van der Waals surface area contributed by atoms with Crippen LogP contribution in [-0.2, 0) is 11.2 Å². The lowest BCUT2D eigenvalue weighted by atomic mass is 10.0. The fraction of sp³-hybridized carbons (Fsp3) is 0.556. The van der Waals surface area contributed by atoms with E-state index in [1.54, 1.807) is 12.1 Å². The maximum Gasteiger partial charge on any atom is 0.220 e. The molecule has 1 N–H and O–H groups in total. The minimum atomic E-state index is 0.137. The maximum atomic E-state index is 12.0. The fourth-order valence-corrected chi connectivity index (χ4v) is 2.92. The second-order valence-corrected chi connectivity index (χ2v) is 5.99. The van der Waals surface area contributed by atoms with Crippen LogP contribution in [0.25, 0.3) is 0 Å². The van der Waals surface area contributed by atoms with E-state index in [2.05, 4.69) is 23.2 Å². The minimum absolute atomic E-state index is 0.137. The lowest BCUT2D eigenvalue weighted by Crippen LogP contribution is -2.44. The summed E-state index contributed by atoms with van der Waals surface area (Å²) in [7, 11) is 0. The van der Waals surface area contributed by atoms with Crippen LogP contribution in [0.3, 0.4) is 0 Å². The van der Waals surface area contributed by atoms with Crippen molar-refractivity contribution in [2.24, 2.45) is 0 Å². The number of nitrogens with one attached hydrogen (secondary N) is 1. The number of hydrogen-bond donors (Lipinski definition) is 1. The van der Waals surface area contributed by atoms with Crippen LogP contribution >= 0.6 is 0 Å². The van der Waals surface area contributed by atoms with Crippen molar-refractivity contribution in [1.82, 2.24) is 10.2 Å². The molecule has 1 fully saturated rings. The SMILES string of the molecule is CCCN1CCC(NC(=O)CCc2ccc(C#N)cc2)CC1. The first kappa shape index (κ1) is 16.5. The van der Waals surface area contributed by atoms with Gasteiger partial charge in [0.15, 0.2) is 0 Å². The second-order valence-electron chi connectivity index (χ2n) is 5.99. The molecule has 0 aromatic heterocycles. The molecule has 118 valence electrons. The summed E-state index contributed by atoms with van der Waals surface area (Å²) in [5, 5.41) is 11.9. The van der Waals surface area contributed by atoms with E-state index >= 15 is 0 Å². The molecule has 0 spiro atoms. The molecule has 0 atom stereocenters. The van der Waals surface area contributed by atoms with Crippen molar-refractivity contribution in [3.8, 4) is 6.07 Å². The molecule has 1 heterocycles. The van der Waals surface area contributed by atoms with Crippen LogP contribution in [0.15, 0.2) is 24.3 Å². The van der Waals surface area contributed by atoms with E-state index < -0.39 is 0 Å². The van der Waals surface area contributed by atoms with E-state index in [0.29, 0.717) is 18.0 Å². The van der Waals surface area contributed by atoms with Gasteiger partial charge in [0.2, 0.25) is 5.91 Å². The first-order valence-corrected chi connectivity index (χ1v) is 8.22. The first-order chi connectivity index (χ1) is 10.7. The van der Waals surface area contributed by atoms with Crippen LogP contribution < -0.4 is 5.32 Å². The maximum absolute atomic E-state index is 12.0. The average molecular weight is 299 g/mol. The van der Waals surface area contributed by atoms with E-state index in [-0.39, 0.29) is 5.91 Å². The highest BCUT2D eigenvalue weighted by Crippen LogP contribution is 2.11. The Labute approximate surface area is 133 Å². The van der Waals surface area contributed by atoms with Crippen LogP contribution in [0.2, 0.25) is 0 Å². The Morgan fingerprint density at radius 1 is 1.32 bits per heavy atom. The van der Waals surface area contributed by atoms with Gasteiger partial charge in [-0.1, -0.05) is 19.1 Å². The highest BCUT2D eigenvalue weighted by atomic mass is 16.1. The van der Waals surface area contributed by atoms with Gasteiger partial charge < -0.3 is 10.2 Å². The van der Waals surface area contributed by atoms with E-state index in [4.69, 9.17) is 5.26 Å². The van der Waals surface area contributed by atoms with Crippen LogP contribution in [-0.4, -0.2) is 36.5 Å². The number of likely N-dealkylation sites (tertiary alicyclic amines) is 1. The molecule has 0 aliphatic carbocycles. The molecule has 1 amide bonds. The van der Waals surface area contributed by atoms with Crippen molar-refractivity contribution in [3.63, 3.8) is 0 Å². The van der Waals surface area contributed by atoms with Crippen LogP contribution in [0.4, 0.5) is 0 Å². The predicted molar refractivity (Wildman–Crippen MR) is 87.4 cm³/mol. The number of amides is 1. The van der Waals surface area contributed by atoms with Gasteiger partial charge in [-0.05, 0) is 49.9 Å². The van der Waals surface area contributed by atoms with Gasteiger partial charge in [-0.3, -0.25) is 4.79 Å². The van der Waals surface area contributed by atoms with Crippen molar-refractivity contribution in [2.45, 2.75) is 45.1 Å². The number of benzene rings is 1. The van der Waals surface area contributed by atoms with Gasteiger partial charge in [0.25, 0.3) is 0 Å². The van der Waals surface area contributed by atoms with Crippen molar-refractivity contribution in [3.05, 3.63) is 35.4 Å². The van der Waals surface area contributed by atoms with Crippen LogP contribution in [0.1, 0.15) is 43.7 Å². The number of aryl methyl sites for hydroxylation is 1. The number of rotatable bonds is 6. The molecule has 0 unspecified atom stereocenters. The normalized spacial score (nSPS) is 16.2. The first-order valence-electron chi connectivity index (χ1n) is 8.22. The highest BCUT2D eigenvalue weighted by molar-refractivity contribution is 5.76. The molecule has 1 aromatic carbocycles. The third-order valence-electron chi connectivity index (χ3n) is 4.22. The summed E-state index contributed by atoms with van der Waals surface area (Å²) in [5.74, 6) is 0.137. The Morgan fingerprint density at radius 2 is 2.00 bits per heavy atom. The zero-order valence-corrected chi connectivity index (χ0v) is 13.3. The summed E-state index contributed by atoms with van der Waals surface area (Å²) in [6, 6.07) is 9.89. The third kappa shape index (κ3) is 5.16. The van der Waals surface area contributed by atoms with Crippen molar-refractivity contribution in [2.75, 3.05) is 19.6 Å². The molecule has 0 saturated carbocycles. The Morgan fingerprint density at radius 3 is 2.59 bits per heavy atom. The van der Waals surface area contributed by atoms with E-state index in [1.165, 1.54) is 13.0 Å². The van der Waals surface area contributed by atoms with Gasteiger partial charge in [0.1, 0.15) is 0 Å². The molecular formula is C18H25N3O. The summed E-state index contributed by atoms with van der Waals surface area (Å²) < 4.78 is 0. The Bertz CT molecular complexity index is 510. The molecule has 1 aliphatic heterocycles. The van der Waals surface area contributed by atoms with Crippen molar-refractivity contribution < 1.29 is 4.79 Å². The van der Waals surface area contributed by atoms with Gasteiger partial charge in [-0.2, -0.15) is 5.26 Å². The van der Waals surface area contributed by atoms with Gasteiger partial charge in [0.05, 0.1) is 11.6 Å². The Hall–Kier alpha value is -1.86. The van der Waals surface area contributed by atoms with Crippen molar-refractivity contribution in [1.29, 1.82) is 5.26 Å². The van der Waals surface area contributed by atoms with Crippen molar-refractivity contribution >= 4 is 5.91 Å². The van der Waals surface area contributed by atoms with Crippen LogP contribution in [0, 0.1) is 11.3 Å². The fourth-order valence-electron chi connectivity index (χ4n) is 2.92. The predicted octanol–water partition coefficient (Wildman–Crippen LogP) is 2.48. The molecule has 4 nitrogen and oxygen atoms in total. The third-order valence-corrected chi connectivity index (χ3v) is 4.22. The average Bonchev–Trinajstić information content (AvgIpc) is 2.55. The molecule has 1 aliphatic rings. The summed E-state index contributed by atoms with van der Waals surface area (Å²) in [4.78, 5) is 14.5. The number of carbonyl (C=O) groups is 1. The monoisotopic (exact) mass is 299 g/mol. The lowest BCUT2D eigenvalue weighted by Gasteiger charge is -2.32. The zero-order valence-electron chi connectivity index (χ0n) is 13.3. The van der Waals surface area contributed by atoms with Gasteiger partial charge in [0, 0.05) is 25.6 Å². The second kappa shape index (κ2) is 8.55. The van der Waals surface area contributed by atoms with Gasteiger partial charge in [-0.25, -0.2) is 0 Å². The summed E-state index contributed by atoms with van der Waals surface area (Å²) in [6.45, 7) is 5.55. The van der Waals surface area contributed by atoms with E-state index in [0.717, 1.165) is 37.9 Å². The largest absolute Gasteiger partial charge is 0.353 e. The zero-order chi connectivity index (χ0) is 15.8.